The number of hydrogen-bond donors (Lipinski definition) is 1. The number of aromatic nitrogens is 1. The Morgan fingerprint density at radius 3 is 2.95 bits per heavy atom. The Morgan fingerprint density at radius 1 is 1.45 bits per heavy atom. The molecule has 1 saturated heterocycles. The number of nitrogens with one attached hydrogen (secondary N) is 1. The molecule has 1 aromatic rings. The van der Waals surface area contributed by atoms with Gasteiger partial charge in [0, 0.05) is 38.4 Å². The average Bonchev–Trinajstić information content (AvgIpc) is 2.48. The van der Waals surface area contributed by atoms with Gasteiger partial charge in [-0.25, -0.2) is 4.98 Å². The Bertz CT molecular complexity index is 463. The van der Waals surface area contributed by atoms with Crippen LogP contribution in [0.4, 0.5) is 5.82 Å². The van der Waals surface area contributed by atoms with Crippen LogP contribution in [0.1, 0.15) is 30.6 Å². The fourth-order valence-corrected chi connectivity index (χ4v) is 2.63. The molecule has 1 aromatic heterocycles. The van der Waals surface area contributed by atoms with Gasteiger partial charge in [-0.2, -0.15) is 0 Å². The molecule has 2 heterocycles. The van der Waals surface area contributed by atoms with Crippen LogP contribution in [-0.4, -0.2) is 60.0 Å². The van der Waals surface area contributed by atoms with Crippen LogP contribution in [0.15, 0.2) is 18.3 Å². The van der Waals surface area contributed by atoms with Crippen LogP contribution < -0.4 is 5.32 Å². The zero-order valence-electron chi connectivity index (χ0n) is 12.6. The highest BCUT2D eigenvalue weighted by Gasteiger charge is 2.27. The summed E-state index contributed by atoms with van der Waals surface area (Å²) in [6.45, 7) is 7.45. The lowest BCUT2D eigenvalue weighted by molar-refractivity contribution is 0.0542. The monoisotopic (exact) mass is 276 g/mol. The van der Waals surface area contributed by atoms with Crippen LogP contribution in [0, 0.1) is 0 Å². The second kappa shape index (κ2) is 6.70. The molecule has 1 amide bonds. The van der Waals surface area contributed by atoms with Gasteiger partial charge in [0.1, 0.15) is 5.82 Å². The summed E-state index contributed by atoms with van der Waals surface area (Å²) in [7, 11) is 2.13. The van der Waals surface area contributed by atoms with E-state index in [1.165, 1.54) is 0 Å². The van der Waals surface area contributed by atoms with Crippen molar-refractivity contribution < 1.29 is 4.79 Å². The quantitative estimate of drug-likeness (QED) is 0.909. The third-order valence-electron chi connectivity index (χ3n) is 3.92. The normalized spacial score (nSPS) is 19.9. The van der Waals surface area contributed by atoms with Crippen molar-refractivity contribution in [1.82, 2.24) is 14.8 Å². The van der Waals surface area contributed by atoms with Crippen LogP contribution >= 0.6 is 0 Å². The number of amides is 1. The molecule has 1 unspecified atom stereocenters. The minimum absolute atomic E-state index is 0.0839. The first-order chi connectivity index (χ1) is 9.67. The van der Waals surface area contributed by atoms with E-state index >= 15 is 0 Å². The van der Waals surface area contributed by atoms with Crippen LogP contribution in [0.25, 0.3) is 0 Å². The highest BCUT2D eigenvalue weighted by Crippen LogP contribution is 2.18. The summed E-state index contributed by atoms with van der Waals surface area (Å²) in [5.41, 5.74) is 0.675. The van der Waals surface area contributed by atoms with Crippen LogP contribution in [-0.2, 0) is 0 Å². The molecule has 2 rings (SSSR count). The molecule has 0 spiro atoms. The van der Waals surface area contributed by atoms with E-state index in [1.54, 1.807) is 6.20 Å². The molecule has 1 N–H and O–H groups in total. The summed E-state index contributed by atoms with van der Waals surface area (Å²) in [6.07, 6.45) is 2.78. The summed E-state index contributed by atoms with van der Waals surface area (Å²) in [5.74, 6) is 0.771. The zero-order chi connectivity index (χ0) is 14.5. The van der Waals surface area contributed by atoms with Gasteiger partial charge in [-0.05, 0) is 32.5 Å². The molecule has 1 fully saturated rings. The van der Waals surface area contributed by atoms with Crippen molar-refractivity contribution in [2.24, 2.45) is 0 Å². The Labute approximate surface area is 121 Å². The third-order valence-corrected chi connectivity index (χ3v) is 3.92. The number of likely N-dealkylation sites (N-methyl/N-ethyl adjacent to an activating group) is 1. The van der Waals surface area contributed by atoms with Gasteiger partial charge in [-0.1, -0.05) is 6.92 Å². The predicted molar refractivity (Wildman–Crippen MR) is 81.0 cm³/mol. The Balaban J connectivity index is 2.15. The average molecular weight is 276 g/mol. The van der Waals surface area contributed by atoms with E-state index in [-0.39, 0.29) is 5.91 Å². The van der Waals surface area contributed by atoms with Gasteiger partial charge in [-0.3, -0.25) is 9.69 Å². The van der Waals surface area contributed by atoms with Crippen LogP contribution in [0.5, 0.6) is 0 Å². The van der Waals surface area contributed by atoms with Gasteiger partial charge in [-0.15, -0.1) is 0 Å². The summed E-state index contributed by atoms with van der Waals surface area (Å²) < 4.78 is 0. The summed E-state index contributed by atoms with van der Waals surface area (Å²) in [5, 5.41) is 3.16. The Morgan fingerprint density at radius 2 is 2.25 bits per heavy atom. The number of nitrogens with zero attached hydrogens (tertiary/aromatic N) is 3. The van der Waals surface area contributed by atoms with Gasteiger partial charge in [0.2, 0.25) is 0 Å². The lowest BCUT2D eigenvalue weighted by Gasteiger charge is -2.39. The number of carbonyl (C=O) groups excluding carboxylic acids is 1. The smallest absolute Gasteiger partial charge is 0.257 e. The van der Waals surface area contributed by atoms with Gasteiger partial charge in [0.15, 0.2) is 0 Å². The van der Waals surface area contributed by atoms with Gasteiger partial charge in [0.25, 0.3) is 5.91 Å². The minimum atomic E-state index is 0.0839. The minimum Gasteiger partial charge on any atom is -0.370 e. The standard InChI is InChI=1S/C15H24N4O/c1-4-12-11-19(10-9-18(12)3)15(20)13-7-6-8-17-14(13)16-5-2/h6-8,12H,4-5,9-11H2,1-3H3,(H,16,17). The first-order valence-corrected chi connectivity index (χ1v) is 7.35. The zero-order valence-corrected chi connectivity index (χ0v) is 12.6. The van der Waals surface area contributed by atoms with Crippen LogP contribution in [0.3, 0.4) is 0 Å². The van der Waals surface area contributed by atoms with Crippen molar-refractivity contribution in [3.63, 3.8) is 0 Å². The fraction of sp³-hybridized carbons (Fsp3) is 0.600. The summed E-state index contributed by atoms with van der Waals surface area (Å²) >= 11 is 0. The molecule has 0 saturated carbocycles. The molecule has 1 aliphatic rings. The lowest BCUT2D eigenvalue weighted by atomic mass is 10.1. The molecular weight excluding hydrogens is 252 g/mol. The SMILES string of the molecule is CCNc1ncccc1C(=O)N1CCN(C)C(CC)C1. The second-order valence-electron chi connectivity index (χ2n) is 5.22. The molecule has 20 heavy (non-hydrogen) atoms. The molecule has 0 aromatic carbocycles. The largest absolute Gasteiger partial charge is 0.370 e. The number of rotatable bonds is 4. The predicted octanol–water partition coefficient (Wildman–Crippen LogP) is 1.68. The molecule has 110 valence electrons. The van der Waals surface area contributed by atoms with Gasteiger partial charge >= 0.3 is 0 Å². The van der Waals surface area contributed by atoms with E-state index < -0.39 is 0 Å². The molecule has 0 bridgehead atoms. The van der Waals surface area contributed by atoms with E-state index in [9.17, 15) is 4.79 Å². The highest BCUT2D eigenvalue weighted by atomic mass is 16.2. The van der Waals surface area contributed by atoms with Crippen molar-refractivity contribution in [2.45, 2.75) is 26.3 Å². The molecule has 1 atom stereocenters. The molecular formula is C15H24N4O. The number of piperazine rings is 1. The maximum Gasteiger partial charge on any atom is 0.257 e. The number of anilines is 1. The van der Waals surface area contributed by atoms with E-state index in [2.05, 4.69) is 29.2 Å². The fourth-order valence-electron chi connectivity index (χ4n) is 2.63. The van der Waals surface area contributed by atoms with Gasteiger partial charge < -0.3 is 10.2 Å². The van der Waals surface area contributed by atoms with E-state index in [1.807, 2.05) is 24.0 Å². The Kier molecular flexibility index (Phi) is 4.95. The van der Waals surface area contributed by atoms with E-state index in [0.717, 1.165) is 32.6 Å². The summed E-state index contributed by atoms with van der Waals surface area (Å²) in [6, 6.07) is 4.13. The van der Waals surface area contributed by atoms with Crippen LogP contribution in [0.2, 0.25) is 0 Å². The molecule has 5 nitrogen and oxygen atoms in total. The molecule has 5 heteroatoms. The van der Waals surface area contributed by atoms with E-state index in [0.29, 0.717) is 17.4 Å². The maximum atomic E-state index is 12.7. The first kappa shape index (κ1) is 14.8. The number of pyridine rings is 1. The van der Waals surface area contributed by atoms with Crippen molar-refractivity contribution in [1.29, 1.82) is 0 Å². The molecule has 0 aliphatic carbocycles. The van der Waals surface area contributed by atoms with Gasteiger partial charge in [0.05, 0.1) is 5.56 Å². The maximum absolute atomic E-state index is 12.7. The second-order valence-corrected chi connectivity index (χ2v) is 5.22. The van der Waals surface area contributed by atoms with E-state index in [4.69, 9.17) is 0 Å². The third kappa shape index (κ3) is 3.10. The highest BCUT2D eigenvalue weighted by molar-refractivity contribution is 5.98. The molecule has 1 aliphatic heterocycles. The molecule has 0 radical (unpaired) electrons. The number of hydrogen-bond acceptors (Lipinski definition) is 4. The summed E-state index contributed by atoms with van der Waals surface area (Å²) in [4.78, 5) is 21.2. The van der Waals surface area contributed by atoms with Crippen molar-refractivity contribution in [3.05, 3.63) is 23.9 Å². The van der Waals surface area contributed by atoms with Crippen molar-refractivity contribution >= 4 is 11.7 Å². The first-order valence-electron chi connectivity index (χ1n) is 7.35. The lowest BCUT2D eigenvalue weighted by Crippen LogP contribution is -2.53. The van der Waals surface area contributed by atoms with Crippen molar-refractivity contribution in [2.75, 3.05) is 38.5 Å². The number of carbonyl (C=O) groups is 1. The van der Waals surface area contributed by atoms with Crippen molar-refractivity contribution in [3.8, 4) is 0 Å². The Hall–Kier alpha value is -1.62. The topological polar surface area (TPSA) is 48.5 Å².